The van der Waals surface area contributed by atoms with Crippen LogP contribution in [0.1, 0.15) is 11.7 Å². The molecule has 0 amide bonds. The molecule has 0 aliphatic heterocycles. The van der Waals surface area contributed by atoms with Gasteiger partial charge in [-0.3, -0.25) is 0 Å². The Hall–Kier alpha value is -2.48. The molecule has 0 aromatic heterocycles. The quantitative estimate of drug-likeness (QED) is 0.603. The van der Waals surface area contributed by atoms with Crippen LogP contribution < -0.4 is 18.9 Å². The third-order valence-electron chi connectivity index (χ3n) is 3.97. The van der Waals surface area contributed by atoms with Crippen molar-refractivity contribution in [3.05, 3.63) is 48.0 Å². The highest BCUT2D eigenvalue weighted by Crippen LogP contribution is 2.35. The summed E-state index contributed by atoms with van der Waals surface area (Å²) in [5, 5.41) is 9.97. The molecule has 0 radical (unpaired) electrons. The van der Waals surface area contributed by atoms with E-state index in [0.717, 1.165) is 5.56 Å². The smallest absolute Gasteiger partial charge is 0.161 e. The molecule has 0 unspecified atom stereocenters. The molecule has 2 atom stereocenters. The summed E-state index contributed by atoms with van der Waals surface area (Å²) in [7, 11) is 6.21. The Morgan fingerprint density at radius 2 is 1.44 bits per heavy atom. The van der Waals surface area contributed by atoms with E-state index in [4.69, 9.17) is 28.4 Å². The van der Waals surface area contributed by atoms with Gasteiger partial charge in [-0.15, -0.1) is 0 Å². The van der Waals surface area contributed by atoms with Crippen LogP contribution in [0.3, 0.4) is 0 Å². The average Bonchev–Trinajstić information content (AvgIpc) is 2.73. The lowest BCUT2D eigenvalue weighted by Gasteiger charge is -2.27. The van der Waals surface area contributed by atoms with Crippen molar-refractivity contribution < 1.29 is 33.5 Å². The summed E-state index contributed by atoms with van der Waals surface area (Å²) >= 11 is 0. The third kappa shape index (κ3) is 5.26. The number of rotatable bonds is 11. The standard InChI is InChI=1S/C20H26O7/c1-22-13-26-20(14-9-10-16(24-3)18(11-14)25-4)19(12-21)27-17-8-6-5-7-15(17)23-2/h5-11,19-21H,12-13H2,1-4H3/t19-,20+/m0/s1. The maximum absolute atomic E-state index is 9.97. The maximum Gasteiger partial charge on any atom is 0.161 e. The molecule has 0 aliphatic rings. The van der Waals surface area contributed by atoms with Gasteiger partial charge in [0.2, 0.25) is 0 Å². The highest BCUT2D eigenvalue weighted by molar-refractivity contribution is 5.44. The lowest BCUT2D eigenvalue weighted by molar-refractivity contribution is -0.117. The Morgan fingerprint density at radius 3 is 2.04 bits per heavy atom. The van der Waals surface area contributed by atoms with Crippen molar-refractivity contribution in [2.24, 2.45) is 0 Å². The van der Waals surface area contributed by atoms with E-state index in [1.165, 1.54) is 7.11 Å². The monoisotopic (exact) mass is 378 g/mol. The maximum atomic E-state index is 9.97. The molecule has 0 bridgehead atoms. The van der Waals surface area contributed by atoms with Crippen molar-refractivity contribution in [3.8, 4) is 23.0 Å². The Balaban J connectivity index is 2.35. The van der Waals surface area contributed by atoms with Crippen LogP contribution in [0.5, 0.6) is 23.0 Å². The number of hydrogen-bond acceptors (Lipinski definition) is 7. The molecular formula is C20H26O7. The fourth-order valence-electron chi connectivity index (χ4n) is 2.66. The Bertz CT molecular complexity index is 704. The van der Waals surface area contributed by atoms with Gasteiger partial charge in [0.1, 0.15) is 12.9 Å². The summed E-state index contributed by atoms with van der Waals surface area (Å²) in [5.41, 5.74) is 0.749. The second kappa shape index (κ2) is 10.6. The Labute approximate surface area is 159 Å². The number of aliphatic hydroxyl groups is 1. The van der Waals surface area contributed by atoms with Gasteiger partial charge in [-0.1, -0.05) is 18.2 Å². The van der Waals surface area contributed by atoms with E-state index >= 15 is 0 Å². The Kier molecular flexibility index (Phi) is 8.19. The molecule has 2 aromatic carbocycles. The summed E-state index contributed by atoms with van der Waals surface area (Å²) in [5.74, 6) is 2.22. The summed E-state index contributed by atoms with van der Waals surface area (Å²) in [6.07, 6.45) is -1.31. The van der Waals surface area contributed by atoms with Crippen LogP contribution in [0, 0.1) is 0 Å². The van der Waals surface area contributed by atoms with Gasteiger partial charge in [0.15, 0.2) is 29.1 Å². The number of hydrogen-bond donors (Lipinski definition) is 1. The summed E-state index contributed by atoms with van der Waals surface area (Å²) in [6.45, 7) is -0.244. The van der Waals surface area contributed by atoms with Gasteiger partial charge in [0.05, 0.1) is 27.9 Å². The zero-order valence-electron chi connectivity index (χ0n) is 16.0. The normalized spacial score (nSPS) is 12.9. The van der Waals surface area contributed by atoms with Crippen LogP contribution >= 0.6 is 0 Å². The first-order chi connectivity index (χ1) is 13.2. The van der Waals surface area contributed by atoms with E-state index in [1.54, 1.807) is 45.6 Å². The zero-order valence-corrected chi connectivity index (χ0v) is 16.0. The van der Waals surface area contributed by atoms with Crippen molar-refractivity contribution in [2.45, 2.75) is 12.2 Å². The minimum Gasteiger partial charge on any atom is -0.493 e. The molecule has 0 saturated heterocycles. The van der Waals surface area contributed by atoms with Crippen molar-refractivity contribution >= 4 is 0 Å². The summed E-state index contributed by atoms with van der Waals surface area (Å²) in [6, 6.07) is 12.6. The van der Waals surface area contributed by atoms with Gasteiger partial charge in [0.25, 0.3) is 0 Å². The first kappa shape index (κ1) is 20.8. The molecular weight excluding hydrogens is 352 g/mol. The largest absolute Gasteiger partial charge is 0.493 e. The van der Waals surface area contributed by atoms with Gasteiger partial charge in [-0.2, -0.15) is 0 Å². The topological polar surface area (TPSA) is 75.6 Å². The number of aliphatic hydroxyl groups excluding tert-OH is 1. The van der Waals surface area contributed by atoms with E-state index in [1.807, 2.05) is 18.2 Å². The van der Waals surface area contributed by atoms with E-state index < -0.39 is 12.2 Å². The molecule has 2 rings (SSSR count). The van der Waals surface area contributed by atoms with Crippen LogP contribution in [0.4, 0.5) is 0 Å². The molecule has 0 spiro atoms. The SMILES string of the molecule is COCO[C@H](c1ccc(OC)c(OC)c1)[C@H](CO)Oc1ccccc1OC. The predicted molar refractivity (Wildman–Crippen MR) is 99.7 cm³/mol. The lowest BCUT2D eigenvalue weighted by Crippen LogP contribution is -2.31. The van der Waals surface area contributed by atoms with Gasteiger partial charge in [0, 0.05) is 7.11 Å². The highest BCUT2D eigenvalue weighted by Gasteiger charge is 2.27. The van der Waals surface area contributed by atoms with Crippen LogP contribution in [0.15, 0.2) is 42.5 Å². The molecule has 0 heterocycles. The first-order valence-corrected chi connectivity index (χ1v) is 8.41. The van der Waals surface area contributed by atoms with Gasteiger partial charge < -0.3 is 33.5 Å². The number of para-hydroxylation sites is 2. The van der Waals surface area contributed by atoms with E-state index in [0.29, 0.717) is 23.0 Å². The lowest BCUT2D eigenvalue weighted by atomic mass is 10.0. The molecule has 148 valence electrons. The summed E-state index contributed by atoms with van der Waals surface area (Å²) < 4.78 is 32.8. The van der Waals surface area contributed by atoms with Gasteiger partial charge >= 0.3 is 0 Å². The second-order valence-electron chi connectivity index (χ2n) is 5.60. The van der Waals surface area contributed by atoms with E-state index in [2.05, 4.69) is 0 Å². The van der Waals surface area contributed by atoms with Crippen LogP contribution in [-0.4, -0.2) is 53.0 Å². The Morgan fingerprint density at radius 1 is 0.815 bits per heavy atom. The molecule has 1 N–H and O–H groups in total. The fraction of sp³-hybridized carbons (Fsp3) is 0.400. The van der Waals surface area contributed by atoms with Crippen molar-refractivity contribution in [3.63, 3.8) is 0 Å². The summed E-state index contributed by atoms with van der Waals surface area (Å²) in [4.78, 5) is 0. The van der Waals surface area contributed by atoms with Gasteiger partial charge in [-0.25, -0.2) is 0 Å². The minimum absolute atomic E-state index is 0.0325. The van der Waals surface area contributed by atoms with Gasteiger partial charge in [-0.05, 0) is 29.8 Å². The first-order valence-electron chi connectivity index (χ1n) is 8.41. The fourth-order valence-corrected chi connectivity index (χ4v) is 2.66. The van der Waals surface area contributed by atoms with Crippen LogP contribution in [0.2, 0.25) is 0 Å². The number of benzene rings is 2. The molecule has 7 nitrogen and oxygen atoms in total. The van der Waals surface area contributed by atoms with Crippen LogP contribution in [0.25, 0.3) is 0 Å². The molecule has 2 aromatic rings. The number of ether oxygens (including phenoxy) is 6. The van der Waals surface area contributed by atoms with E-state index in [-0.39, 0.29) is 13.4 Å². The van der Waals surface area contributed by atoms with E-state index in [9.17, 15) is 5.11 Å². The van der Waals surface area contributed by atoms with Crippen molar-refractivity contribution in [1.82, 2.24) is 0 Å². The molecule has 7 heteroatoms. The number of methoxy groups -OCH3 is 4. The highest BCUT2D eigenvalue weighted by atomic mass is 16.7. The van der Waals surface area contributed by atoms with Crippen molar-refractivity contribution in [2.75, 3.05) is 41.8 Å². The molecule has 27 heavy (non-hydrogen) atoms. The third-order valence-corrected chi connectivity index (χ3v) is 3.97. The minimum atomic E-state index is -0.699. The zero-order chi connectivity index (χ0) is 19.6. The molecule has 0 fully saturated rings. The predicted octanol–water partition coefficient (Wildman–Crippen LogP) is 2.81. The molecule has 0 aliphatic carbocycles. The molecule has 0 saturated carbocycles. The van der Waals surface area contributed by atoms with Crippen molar-refractivity contribution in [1.29, 1.82) is 0 Å². The van der Waals surface area contributed by atoms with Crippen LogP contribution in [-0.2, 0) is 9.47 Å². The average molecular weight is 378 g/mol. The second-order valence-corrected chi connectivity index (χ2v) is 5.60.